The van der Waals surface area contributed by atoms with Gasteiger partial charge in [-0.05, 0) is 36.8 Å². The van der Waals surface area contributed by atoms with Crippen molar-refractivity contribution in [2.24, 2.45) is 0 Å². The van der Waals surface area contributed by atoms with Crippen LogP contribution in [0.3, 0.4) is 0 Å². The van der Waals surface area contributed by atoms with Crippen LogP contribution in [0.5, 0.6) is 17.2 Å². The van der Waals surface area contributed by atoms with E-state index in [2.05, 4.69) is 17.0 Å². The van der Waals surface area contributed by atoms with Crippen LogP contribution in [0.15, 0.2) is 42.5 Å². The lowest BCUT2D eigenvalue weighted by Gasteiger charge is -2.34. The number of hydrogen-bond acceptors (Lipinski definition) is 4. The normalized spacial score (nSPS) is 16.8. The van der Waals surface area contributed by atoms with Crippen molar-refractivity contribution < 1.29 is 14.6 Å². The molecule has 0 aromatic heterocycles. The van der Waals surface area contributed by atoms with Gasteiger partial charge in [0.25, 0.3) is 0 Å². The number of likely N-dealkylation sites (N-methyl/N-ethyl adjacent to an activating group) is 1. The van der Waals surface area contributed by atoms with Crippen molar-refractivity contribution in [2.45, 2.75) is 19.4 Å². The molecule has 116 valence electrons. The second kappa shape index (κ2) is 6.18. The van der Waals surface area contributed by atoms with Gasteiger partial charge in [-0.25, -0.2) is 0 Å². The van der Waals surface area contributed by atoms with Gasteiger partial charge in [0.05, 0.1) is 18.8 Å². The molecule has 0 spiro atoms. The fraction of sp³-hybridized carbons (Fsp3) is 0.333. The predicted molar refractivity (Wildman–Crippen MR) is 87.1 cm³/mol. The molecule has 0 amide bonds. The van der Waals surface area contributed by atoms with Crippen molar-refractivity contribution in [2.75, 3.05) is 25.1 Å². The molecule has 3 rings (SSSR count). The zero-order valence-electron chi connectivity index (χ0n) is 13.0. The summed E-state index contributed by atoms with van der Waals surface area (Å²) in [6, 6.07) is 13.4. The van der Waals surface area contributed by atoms with Gasteiger partial charge in [-0.3, -0.25) is 0 Å². The van der Waals surface area contributed by atoms with Gasteiger partial charge in [0.15, 0.2) is 0 Å². The molecule has 4 nitrogen and oxygen atoms in total. The van der Waals surface area contributed by atoms with Crippen LogP contribution in [0.4, 0.5) is 5.69 Å². The monoisotopic (exact) mass is 299 g/mol. The fourth-order valence-corrected chi connectivity index (χ4v) is 2.78. The highest BCUT2D eigenvalue weighted by Gasteiger charge is 2.24. The second-order valence-electron chi connectivity index (χ2n) is 5.55. The third-order valence-corrected chi connectivity index (χ3v) is 3.82. The Kier molecular flexibility index (Phi) is 4.09. The summed E-state index contributed by atoms with van der Waals surface area (Å²) in [7, 11) is 2.02. The quantitative estimate of drug-likeness (QED) is 0.941. The Morgan fingerprint density at radius 1 is 1.23 bits per heavy atom. The summed E-state index contributed by atoms with van der Waals surface area (Å²) in [6.07, 6.45) is 0.942. The zero-order valence-corrected chi connectivity index (χ0v) is 13.0. The van der Waals surface area contributed by atoms with E-state index in [-0.39, 0.29) is 11.9 Å². The fourth-order valence-electron chi connectivity index (χ4n) is 2.78. The Morgan fingerprint density at radius 3 is 2.73 bits per heavy atom. The number of aromatic hydroxyl groups is 1. The average molecular weight is 299 g/mol. The summed E-state index contributed by atoms with van der Waals surface area (Å²) >= 11 is 0. The maximum absolute atomic E-state index is 9.58. The SMILES string of the molecule is CCOc1ccc(CC2CN(C)c3cc(O)ccc3O2)cc1. The minimum Gasteiger partial charge on any atom is -0.508 e. The molecular formula is C18H21NO3. The standard InChI is InChI=1S/C18H21NO3/c1-3-21-15-7-4-13(5-8-15)10-16-12-19(2)17-11-14(20)6-9-18(17)22-16/h4-9,11,16,20H,3,10,12H2,1-2H3. The van der Waals surface area contributed by atoms with Crippen molar-refractivity contribution in [1.29, 1.82) is 0 Å². The summed E-state index contributed by atoms with van der Waals surface area (Å²) < 4.78 is 11.5. The number of rotatable bonds is 4. The lowest BCUT2D eigenvalue weighted by atomic mass is 10.1. The van der Waals surface area contributed by atoms with E-state index in [9.17, 15) is 5.11 Å². The van der Waals surface area contributed by atoms with Gasteiger partial charge in [-0.15, -0.1) is 0 Å². The van der Waals surface area contributed by atoms with Gasteiger partial charge in [0.1, 0.15) is 23.4 Å². The van der Waals surface area contributed by atoms with Crippen LogP contribution in [0.1, 0.15) is 12.5 Å². The van der Waals surface area contributed by atoms with Crippen LogP contribution in [-0.2, 0) is 6.42 Å². The van der Waals surface area contributed by atoms with E-state index in [4.69, 9.17) is 9.47 Å². The highest BCUT2D eigenvalue weighted by Crippen LogP contribution is 2.35. The van der Waals surface area contributed by atoms with Crippen LogP contribution >= 0.6 is 0 Å². The summed E-state index contributed by atoms with van der Waals surface area (Å²) in [4.78, 5) is 2.12. The van der Waals surface area contributed by atoms with E-state index >= 15 is 0 Å². The van der Waals surface area contributed by atoms with E-state index in [1.54, 1.807) is 12.1 Å². The zero-order chi connectivity index (χ0) is 15.5. The average Bonchev–Trinajstić information content (AvgIpc) is 2.50. The molecule has 2 aromatic carbocycles. The smallest absolute Gasteiger partial charge is 0.143 e. The van der Waals surface area contributed by atoms with Crippen LogP contribution in [0.25, 0.3) is 0 Å². The van der Waals surface area contributed by atoms with Crippen molar-refractivity contribution in [3.05, 3.63) is 48.0 Å². The van der Waals surface area contributed by atoms with Gasteiger partial charge < -0.3 is 19.5 Å². The minimum atomic E-state index is 0.0972. The highest BCUT2D eigenvalue weighted by atomic mass is 16.5. The Morgan fingerprint density at radius 2 is 2.00 bits per heavy atom. The van der Waals surface area contributed by atoms with E-state index < -0.39 is 0 Å². The number of fused-ring (bicyclic) bond motifs is 1. The lowest BCUT2D eigenvalue weighted by molar-refractivity contribution is 0.196. The number of anilines is 1. The number of benzene rings is 2. The number of phenolic OH excluding ortho intramolecular Hbond substituents is 1. The third kappa shape index (κ3) is 3.11. The van der Waals surface area contributed by atoms with Crippen LogP contribution in [-0.4, -0.2) is 31.4 Å². The van der Waals surface area contributed by atoms with Crippen molar-refractivity contribution in [1.82, 2.24) is 0 Å². The molecule has 0 radical (unpaired) electrons. The van der Waals surface area contributed by atoms with Gasteiger partial charge >= 0.3 is 0 Å². The summed E-state index contributed by atoms with van der Waals surface area (Å²) in [6.45, 7) is 3.46. The summed E-state index contributed by atoms with van der Waals surface area (Å²) in [5, 5.41) is 9.58. The second-order valence-corrected chi connectivity index (χ2v) is 5.55. The number of nitrogens with zero attached hydrogens (tertiary/aromatic N) is 1. The molecule has 0 fully saturated rings. The Bertz CT molecular complexity index is 639. The molecule has 1 N–H and O–H groups in total. The third-order valence-electron chi connectivity index (χ3n) is 3.82. The Hall–Kier alpha value is -2.36. The van der Waals surface area contributed by atoms with E-state index in [0.29, 0.717) is 6.61 Å². The predicted octanol–water partition coefficient (Wildman–Crippen LogP) is 3.23. The molecule has 1 aliphatic heterocycles. The topological polar surface area (TPSA) is 41.9 Å². The van der Waals surface area contributed by atoms with Crippen LogP contribution in [0, 0.1) is 0 Å². The van der Waals surface area contributed by atoms with E-state index in [1.807, 2.05) is 32.2 Å². The first-order chi connectivity index (χ1) is 10.7. The molecule has 0 saturated heterocycles. The maximum atomic E-state index is 9.58. The van der Waals surface area contributed by atoms with Crippen molar-refractivity contribution in [3.8, 4) is 17.2 Å². The molecule has 0 bridgehead atoms. The molecule has 1 aliphatic rings. The van der Waals surface area contributed by atoms with Gasteiger partial charge in [0, 0.05) is 19.5 Å². The van der Waals surface area contributed by atoms with Gasteiger partial charge in [-0.2, -0.15) is 0 Å². The largest absolute Gasteiger partial charge is 0.508 e. The molecule has 1 unspecified atom stereocenters. The van der Waals surface area contributed by atoms with Crippen LogP contribution < -0.4 is 14.4 Å². The minimum absolute atomic E-state index is 0.0972. The van der Waals surface area contributed by atoms with Crippen LogP contribution in [0.2, 0.25) is 0 Å². The first kappa shape index (κ1) is 14.6. The summed E-state index contributed by atoms with van der Waals surface area (Å²) in [5.74, 6) is 1.98. The van der Waals surface area contributed by atoms with Gasteiger partial charge in [-0.1, -0.05) is 12.1 Å². The maximum Gasteiger partial charge on any atom is 0.143 e. The molecule has 1 atom stereocenters. The molecular weight excluding hydrogens is 278 g/mol. The first-order valence-corrected chi connectivity index (χ1v) is 7.58. The number of ether oxygens (including phenoxy) is 2. The molecule has 0 saturated carbocycles. The Balaban J connectivity index is 1.70. The molecule has 2 aromatic rings. The molecule has 4 heteroatoms. The van der Waals surface area contributed by atoms with E-state index in [1.165, 1.54) is 5.56 Å². The van der Waals surface area contributed by atoms with Gasteiger partial charge in [0.2, 0.25) is 0 Å². The Labute approximate surface area is 130 Å². The molecule has 1 heterocycles. The molecule has 0 aliphatic carbocycles. The first-order valence-electron chi connectivity index (χ1n) is 7.58. The van der Waals surface area contributed by atoms with Crippen molar-refractivity contribution in [3.63, 3.8) is 0 Å². The van der Waals surface area contributed by atoms with Crippen molar-refractivity contribution >= 4 is 5.69 Å². The van der Waals surface area contributed by atoms with E-state index in [0.717, 1.165) is 30.2 Å². The number of hydrogen-bond donors (Lipinski definition) is 1. The number of phenols is 1. The summed E-state index contributed by atoms with van der Waals surface area (Å²) in [5.41, 5.74) is 2.16. The lowest BCUT2D eigenvalue weighted by Crippen LogP contribution is -2.38. The molecule has 22 heavy (non-hydrogen) atoms. The highest BCUT2D eigenvalue weighted by molar-refractivity contribution is 5.62.